The number of carbonyl (C=O) groups excluding carboxylic acids is 1. The van der Waals surface area contributed by atoms with Crippen molar-refractivity contribution in [3.63, 3.8) is 0 Å². The Morgan fingerprint density at radius 1 is 0.815 bits per heavy atom. The lowest BCUT2D eigenvalue weighted by atomic mass is 10.5. The molecule has 0 aliphatic rings. The fraction of sp³-hybridized carbons (Fsp3) is 0.750. The summed E-state index contributed by atoms with van der Waals surface area (Å²) >= 11 is 0. The first-order valence-electron chi connectivity index (χ1n) is 9.11. The van der Waals surface area contributed by atoms with Crippen LogP contribution in [0, 0.1) is 0 Å². The van der Waals surface area contributed by atoms with Gasteiger partial charge in [0.05, 0.1) is 6.61 Å². The molecule has 158 valence electrons. The standard InChI is InChI=1S/C16H36O7Si4/c1-24(2,3)21-27(9,22-25(4,5)6)23-26(7,8)14-10-13-20-16(19)12-11-15(17)18/h11-12H,10,13-14H2,1-9H3,(H,17,18)/b12-11+. The fourth-order valence-electron chi connectivity index (χ4n) is 2.59. The third-order valence-corrected chi connectivity index (χ3v) is 16.1. The van der Waals surface area contributed by atoms with Crippen LogP contribution in [0.1, 0.15) is 6.42 Å². The van der Waals surface area contributed by atoms with Crippen molar-refractivity contribution in [2.45, 2.75) is 71.4 Å². The zero-order valence-corrected chi connectivity index (χ0v) is 22.2. The molecule has 0 aromatic heterocycles. The van der Waals surface area contributed by atoms with E-state index in [1.165, 1.54) is 0 Å². The van der Waals surface area contributed by atoms with Gasteiger partial charge in [-0.2, -0.15) is 0 Å². The lowest BCUT2D eigenvalue weighted by Gasteiger charge is -2.41. The summed E-state index contributed by atoms with van der Waals surface area (Å²) in [7, 11) is -8.52. The summed E-state index contributed by atoms with van der Waals surface area (Å²) in [6, 6.07) is 0.787. The third kappa shape index (κ3) is 15.1. The number of rotatable bonds is 12. The maximum absolute atomic E-state index is 11.4. The molecule has 0 saturated heterocycles. The van der Waals surface area contributed by atoms with Crippen molar-refractivity contribution in [3.05, 3.63) is 12.2 Å². The molecule has 0 radical (unpaired) electrons. The number of ether oxygens (including phenoxy) is 1. The molecule has 0 aliphatic heterocycles. The van der Waals surface area contributed by atoms with Gasteiger partial charge in [0.1, 0.15) is 0 Å². The lowest BCUT2D eigenvalue weighted by molar-refractivity contribution is -0.138. The van der Waals surface area contributed by atoms with Gasteiger partial charge >= 0.3 is 20.7 Å². The molecule has 7 nitrogen and oxygen atoms in total. The Morgan fingerprint density at radius 2 is 1.30 bits per heavy atom. The van der Waals surface area contributed by atoms with Gasteiger partial charge in [-0.25, -0.2) is 9.59 Å². The summed E-state index contributed by atoms with van der Waals surface area (Å²) in [5.74, 6) is -1.83. The minimum Gasteiger partial charge on any atom is -0.478 e. The van der Waals surface area contributed by atoms with E-state index in [-0.39, 0.29) is 6.61 Å². The largest absolute Gasteiger partial charge is 0.478 e. The van der Waals surface area contributed by atoms with Crippen LogP contribution >= 0.6 is 0 Å². The van der Waals surface area contributed by atoms with E-state index in [0.717, 1.165) is 18.2 Å². The molecule has 0 amide bonds. The van der Waals surface area contributed by atoms with Crippen LogP contribution in [0.2, 0.25) is 65.0 Å². The normalized spacial score (nSPS) is 13.8. The second-order valence-corrected chi connectivity index (χ2v) is 25.7. The number of carboxylic acids is 1. The van der Waals surface area contributed by atoms with E-state index in [4.69, 9.17) is 22.2 Å². The lowest BCUT2D eigenvalue weighted by Crippen LogP contribution is -2.59. The highest BCUT2D eigenvalue weighted by molar-refractivity contribution is 6.89. The Morgan fingerprint density at radius 3 is 1.70 bits per heavy atom. The van der Waals surface area contributed by atoms with Gasteiger partial charge in [-0.05, 0) is 64.8 Å². The summed E-state index contributed by atoms with van der Waals surface area (Å²) in [6.45, 7) is 19.3. The smallest absolute Gasteiger partial charge is 0.466 e. The van der Waals surface area contributed by atoms with Crippen LogP contribution in [-0.2, 0) is 26.7 Å². The van der Waals surface area contributed by atoms with Crippen LogP contribution in [0.15, 0.2) is 12.2 Å². The van der Waals surface area contributed by atoms with Gasteiger partial charge in [0, 0.05) is 18.7 Å². The van der Waals surface area contributed by atoms with Gasteiger partial charge in [0.25, 0.3) is 0 Å². The van der Waals surface area contributed by atoms with Crippen LogP contribution in [0.3, 0.4) is 0 Å². The van der Waals surface area contributed by atoms with Gasteiger partial charge < -0.3 is 22.2 Å². The SMILES string of the molecule is C[Si](C)(C)O[Si](C)(O[Si](C)(C)C)O[Si](C)(C)CCCOC(=O)/C=C/C(=O)O. The van der Waals surface area contributed by atoms with Crippen LogP contribution in [0.5, 0.6) is 0 Å². The minimum absolute atomic E-state index is 0.227. The van der Waals surface area contributed by atoms with Gasteiger partial charge in [0.2, 0.25) is 0 Å². The molecule has 0 unspecified atom stereocenters. The monoisotopic (exact) mass is 452 g/mol. The fourth-order valence-corrected chi connectivity index (χ4v) is 18.5. The molecule has 0 rings (SSSR count). The van der Waals surface area contributed by atoms with Crippen LogP contribution in [0.4, 0.5) is 0 Å². The Labute approximate surface area is 167 Å². The van der Waals surface area contributed by atoms with Crippen LogP contribution in [-0.4, -0.2) is 57.4 Å². The van der Waals surface area contributed by atoms with E-state index < -0.39 is 45.7 Å². The van der Waals surface area contributed by atoms with E-state index in [2.05, 4.69) is 52.4 Å². The molecule has 0 atom stereocenters. The van der Waals surface area contributed by atoms with E-state index in [1.807, 2.05) is 6.55 Å². The van der Waals surface area contributed by atoms with Crippen molar-refractivity contribution < 1.29 is 31.8 Å². The van der Waals surface area contributed by atoms with Crippen molar-refractivity contribution in [1.82, 2.24) is 0 Å². The Bertz CT molecular complexity index is 520. The summed E-state index contributed by atoms with van der Waals surface area (Å²) in [4.78, 5) is 21.8. The highest BCUT2D eigenvalue weighted by atomic mass is 28.5. The summed E-state index contributed by atoms with van der Waals surface area (Å²) in [5, 5.41) is 8.49. The average molecular weight is 453 g/mol. The van der Waals surface area contributed by atoms with Gasteiger partial charge in [-0.15, -0.1) is 0 Å². The molecule has 0 aromatic carbocycles. The van der Waals surface area contributed by atoms with E-state index in [0.29, 0.717) is 6.42 Å². The van der Waals surface area contributed by atoms with Crippen molar-refractivity contribution in [2.24, 2.45) is 0 Å². The summed E-state index contributed by atoms with van der Waals surface area (Å²) < 4.78 is 24.3. The summed E-state index contributed by atoms with van der Waals surface area (Å²) in [6.07, 6.45) is 2.33. The molecular formula is C16H36O7Si4. The maximum atomic E-state index is 11.4. The number of carboxylic acid groups (broad SMARTS) is 1. The Kier molecular flexibility index (Phi) is 10.1. The zero-order chi connectivity index (χ0) is 21.5. The van der Waals surface area contributed by atoms with Crippen molar-refractivity contribution in [1.29, 1.82) is 0 Å². The maximum Gasteiger partial charge on any atom is 0.466 e. The molecule has 1 N–H and O–H groups in total. The molecule has 0 saturated carbocycles. The summed E-state index contributed by atoms with van der Waals surface area (Å²) in [5.41, 5.74) is 0. The second-order valence-electron chi connectivity index (χ2n) is 9.10. The molecule has 0 heterocycles. The first kappa shape index (κ1) is 26.4. The van der Waals surface area contributed by atoms with Gasteiger partial charge in [-0.1, -0.05) is 0 Å². The Hall–Kier alpha value is -0.572. The van der Waals surface area contributed by atoms with Gasteiger partial charge in [-0.3, -0.25) is 0 Å². The van der Waals surface area contributed by atoms with Crippen LogP contribution in [0.25, 0.3) is 0 Å². The highest BCUT2D eigenvalue weighted by Gasteiger charge is 2.46. The van der Waals surface area contributed by atoms with Crippen molar-refractivity contribution in [3.8, 4) is 0 Å². The molecular weight excluding hydrogens is 417 g/mol. The van der Waals surface area contributed by atoms with Crippen LogP contribution < -0.4 is 0 Å². The van der Waals surface area contributed by atoms with Crippen molar-refractivity contribution >= 4 is 45.7 Å². The molecule has 0 aromatic rings. The molecule has 0 bridgehead atoms. The molecule has 11 heteroatoms. The predicted molar refractivity (Wildman–Crippen MR) is 116 cm³/mol. The molecule has 27 heavy (non-hydrogen) atoms. The second kappa shape index (κ2) is 10.3. The Balaban J connectivity index is 4.76. The number of hydrogen-bond donors (Lipinski definition) is 1. The number of esters is 1. The topological polar surface area (TPSA) is 91.3 Å². The first-order valence-corrected chi connectivity index (χ1v) is 21.3. The predicted octanol–water partition coefficient (Wildman–Crippen LogP) is 4.05. The number of aliphatic carboxylic acids is 1. The van der Waals surface area contributed by atoms with Gasteiger partial charge in [0.15, 0.2) is 25.0 Å². The van der Waals surface area contributed by atoms with E-state index in [1.54, 1.807) is 0 Å². The molecule has 0 spiro atoms. The quantitative estimate of drug-likeness (QED) is 0.207. The van der Waals surface area contributed by atoms with E-state index >= 15 is 0 Å². The first-order chi connectivity index (χ1) is 11.9. The zero-order valence-electron chi connectivity index (χ0n) is 18.2. The molecule has 0 fully saturated rings. The minimum atomic E-state index is -2.76. The highest BCUT2D eigenvalue weighted by Crippen LogP contribution is 2.27. The third-order valence-electron chi connectivity index (χ3n) is 2.97. The van der Waals surface area contributed by atoms with E-state index in [9.17, 15) is 9.59 Å². The van der Waals surface area contributed by atoms with Crippen molar-refractivity contribution in [2.75, 3.05) is 6.61 Å². The average Bonchev–Trinajstić information content (AvgIpc) is 2.35. The number of hydrogen-bond acceptors (Lipinski definition) is 6. The molecule has 0 aliphatic carbocycles. The number of carbonyl (C=O) groups is 2.